The first-order valence-electron chi connectivity index (χ1n) is 7.28. The van der Waals surface area contributed by atoms with Gasteiger partial charge in [0, 0.05) is 12.3 Å². The minimum Gasteiger partial charge on any atom is -0.394 e. The fourth-order valence-electron chi connectivity index (χ4n) is 2.86. The Kier molecular flexibility index (Phi) is 6.93. The van der Waals surface area contributed by atoms with E-state index in [0.717, 1.165) is 19.3 Å². The topological polar surface area (TPSA) is 91.4 Å². The van der Waals surface area contributed by atoms with Crippen molar-refractivity contribution in [2.24, 2.45) is 17.6 Å². The van der Waals surface area contributed by atoms with E-state index in [2.05, 4.69) is 19.2 Å². The molecule has 1 aliphatic heterocycles. The molecule has 0 saturated carbocycles. The van der Waals surface area contributed by atoms with E-state index in [1.54, 1.807) is 0 Å². The van der Waals surface area contributed by atoms with Crippen molar-refractivity contribution in [1.82, 2.24) is 5.32 Å². The van der Waals surface area contributed by atoms with Crippen LogP contribution in [0.2, 0.25) is 0 Å². The number of hydrogen-bond donors (Lipinski definition) is 4. The number of nitrogens with two attached hydrogens (primary N) is 1. The van der Waals surface area contributed by atoms with E-state index in [4.69, 9.17) is 15.9 Å². The molecule has 5 heteroatoms. The zero-order valence-electron chi connectivity index (χ0n) is 12.4. The molecule has 5 unspecified atom stereocenters. The zero-order chi connectivity index (χ0) is 14.4. The van der Waals surface area contributed by atoms with Crippen LogP contribution in [0, 0.1) is 17.2 Å². The lowest BCUT2D eigenvalue weighted by Crippen LogP contribution is -2.41. The molecular weight excluding hydrogens is 242 g/mol. The molecule has 0 aromatic rings. The molecule has 0 aliphatic carbocycles. The SMILES string of the molecule is CCC(CC(=N)C(CN)NC)C1CC(C)C(CO)O1. The van der Waals surface area contributed by atoms with Gasteiger partial charge in [-0.25, -0.2) is 0 Å². The lowest BCUT2D eigenvalue weighted by Gasteiger charge is -2.25. The molecule has 0 radical (unpaired) electrons. The van der Waals surface area contributed by atoms with Crippen LogP contribution in [0.15, 0.2) is 0 Å². The number of ether oxygens (including phenoxy) is 1. The maximum absolute atomic E-state index is 9.26. The van der Waals surface area contributed by atoms with Crippen molar-refractivity contribution in [3.05, 3.63) is 0 Å². The van der Waals surface area contributed by atoms with E-state index >= 15 is 0 Å². The Labute approximate surface area is 116 Å². The van der Waals surface area contributed by atoms with Gasteiger partial charge in [0.2, 0.25) is 0 Å². The standard InChI is InChI=1S/C14H29N3O2/c1-4-10(6-11(16)12(7-15)17-3)13-5-9(2)14(8-18)19-13/h9-10,12-14,16-18H,4-8,15H2,1-3H3. The van der Waals surface area contributed by atoms with Gasteiger partial charge in [-0.2, -0.15) is 0 Å². The highest BCUT2D eigenvalue weighted by molar-refractivity contribution is 5.87. The van der Waals surface area contributed by atoms with Crippen LogP contribution in [-0.4, -0.2) is 49.3 Å². The molecule has 19 heavy (non-hydrogen) atoms. The number of hydrogen-bond acceptors (Lipinski definition) is 5. The third-order valence-electron chi connectivity index (χ3n) is 4.31. The fourth-order valence-corrected chi connectivity index (χ4v) is 2.86. The van der Waals surface area contributed by atoms with Gasteiger partial charge in [-0.1, -0.05) is 20.3 Å². The summed E-state index contributed by atoms with van der Waals surface area (Å²) in [6.45, 7) is 4.80. The molecule has 5 atom stereocenters. The highest BCUT2D eigenvalue weighted by Crippen LogP contribution is 2.33. The quantitative estimate of drug-likeness (QED) is 0.490. The first-order chi connectivity index (χ1) is 9.07. The summed E-state index contributed by atoms with van der Waals surface area (Å²) in [6.07, 6.45) is 2.80. The summed E-state index contributed by atoms with van der Waals surface area (Å²) < 4.78 is 5.93. The van der Waals surface area contributed by atoms with Crippen LogP contribution < -0.4 is 11.1 Å². The number of rotatable bonds is 8. The van der Waals surface area contributed by atoms with Gasteiger partial charge in [0.05, 0.1) is 24.9 Å². The second-order valence-corrected chi connectivity index (χ2v) is 5.58. The maximum Gasteiger partial charge on any atom is 0.0836 e. The summed E-state index contributed by atoms with van der Waals surface area (Å²) in [6, 6.07) is -0.0403. The van der Waals surface area contributed by atoms with E-state index in [0.29, 0.717) is 24.1 Å². The second kappa shape index (κ2) is 7.94. The Morgan fingerprint density at radius 1 is 1.58 bits per heavy atom. The van der Waals surface area contributed by atoms with Gasteiger partial charge in [0.1, 0.15) is 0 Å². The summed E-state index contributed by atoms with van der Waals surface area (Å²) in [7, 11) is 1.84. The summed E-state index contributed by atoms with van der Waals surface area (Å²) in [4.78, 5) is 0. The Bertz CT molecular complexity index is 282. The molecule has 1 aliphatic rings. The highest BCUT2D eigenvalue weighted by Gasteiger charge is 2.36. The third-order valence-corrected chi connectivity index (χ3v) is 4.31. The van der Waals surface area contributed by atoms with Crippen LogP contribution >= 0.6 is 0 Å². The minimum atomic E-state index is -0.0403. The summed E-state index contributed by atoms with van der Waals surface area (Å²) in [5.41, 5.74) is 6.31. The Morgan fingerprint density at radius 3 is 2.68 bits per heavy atom. The third kappa shape index (κ3) is 4.24. The Hall–Kier alpha value is -0.490. The number of aliphatic hydroxyl groups is 1. The second-order valence-electron chi connectivity index (χ2n) is 5.58. The van der Waals surface area contributed by atoms with Crippen molar-refractivity contribution in [2.45, 2.75) is 51.4 Å². The average molecular weight is 271 g/mol. The smallest absolute Gasteiger partial charge is 0.0836 e. The van der Waals surface area contributed by atoms with Gasteiger partial charge in [-0.15, -0.1) is 0 Å². The van der Waals surface area contributed by atoms with Crippen molar-refractivity contribution < 1.29 is 9.84 Å². The lowest BCUT2D eigenvalue weighted by atomic mass is 9.87. The molecule has 5 nitrogen and oxygen atoms in total. The van der Waals surface area contributed by atoms with Gasteiger partial charge in [-0.3, -0.25) is 0 Å². The molecule has 5 N–H and O–H groups in total. The molecule has 1 saturated heterocycles. The van der Waals surface area contributed by atoms with Gasteiger partial charge in [0.25, 0.3) is 0 Å². The molecule has 1 heterocycles. The van der Waals surface area contributed by atoms with Crippen LogP contribution in [0.3, 0.4) is 0 Å². The van der Waals surface area contributed by atoms with Crippen molar-refractivity contribution in [2.75, 3.05) is 20.2 Å². The average Bonchev–Trinajstić information content (AvgIpc) is 2.78. The van der Waals surface area contributed by atoms with Crippen LogP contribution in [0.5, 0.6) is 0 Å². The fraction of sp³-hybridized carbons (Fsp3) is 0.929. The van der Waals surface area contributed by atoms with E-state index in [9.17, 15) is 5.11 Å². The maximum atomic E-state index is 9.26. The van der Waals surface area contributed by atoms with Gasteiger partial charge < -0.3 is 26.3 Å². The predicted molar refractivity (Wildman–Crippen MR) is 77.6 cm³/mol. The minimum absolute atomic E-state index is 0.0390. The molecule has 0 bridgehead atoms. The molecule has 112 valence electrons. The van der Waals surface area contributed by atoms with Crippen LogP contribution in [-0.2, 0) is 4.74 Å². The normalized spacial score (nSPS) is 30.3. The molecule has 0 amide bonds. The monoisotopic (exact) mass is 271 g/mol. The van der Waals surface area contributed by atoms with Crippen molar-refractivity contribution in [3.63, 3.8) is 0 Å². The highest BCUT2D eigenvalue weighted by atomic mass is 16.5. The number of nitrogens with one attached hydrogen (secondary N) is 2. The molecule has 0 aromatic carbocycles. The van der Waals surface area contributed by atoms with Gasteiger partial charge in [0.15, 0.2) is 0 Å². The van der Waals surface area contributed by atoms with E-state index in [1.807, 2.05) is 7.05 Å². The lowest BCUT2D eigenvalue weighted by molar-refractivity contribution is -0.0212. The van der Waals surface area contributed by atoms with Crippen molar-refractivity contribution >= 4 is 5.71 Å². The van der Waals surface area contributed by atoms with Crippen LogP contribution in [0.1, 0.15) is 33.1 Å². The molecule has 0 spiro atoms. The van der Waals surface area contributed by atoms with E-state index in [-0.39, 0.29) is 24.9 Å². The first-order valence-corrected chi connectivity index (χ1v) is 7.28. The molecule has 1 fully saturated rings. The first kappa shape index (κ1) is 16.6. The van der Waals surface area contributed by atoms with Crippen molar-refractivity contribution in [3.8, 4) is 0 Å². The number of aliphatic hydroxyl groups excluding tert-OH is 1. The predicted octanol–water partition coefficient (Wildman–Crippen LogP) is 0.755. The summed E-state index contributed by atoms with van der Waals surface area (Å²) in [5, 5.41) is 20.5. The summed E-state index contributed by atoms with van der Waals surface area (Å²) in [5.74, 6) is 0.738. The molecule has 1 rings (SSSR count). The van der Waals surface area contributed by atoms with Crippen LogP contribution in [0.25, 0.3) is 0 Å². The largest absolute Gasteiger partial charge is 0.394 e. The summed E-state index contributed by atoms with van der Waals surface area (Å²) >= 11 is 0. The van der Waals surface area contributed by atoms with Crippen LogP contribution in [0.4, 0.5) is 0 Å². The zero-order valence-corrected chi connectivity index (χ0v) is 12.4. The van der Waals surface area contributed by atoms with E-state index in [1.165, 1.54) is 0 Å². The Morgan fingerprint density at radius 2 is 2.26 bits per heavy atom. The van der Waals surface area contributed by atoms with E-state index < -0.39 is 0 Å². The molecular formula is C14H29N3O2. The van der Waals surface area contributed by atoms with Gasteiger partial charge in [-0.05, 0) is 31.7 Å². The Balaban J connectivity index is 2.57. The van der Waals surface area contributed by atoms with Gasteiger partial charge >= 0.3 is 0 Å². The molecule has 0 aromatic heterocycles. The van der Waals surface area contributed by atoms with Crippen molar-refractivity contribution in [1.29, 1.82) is 5.41 Å². The number of likely N-dealkylation sites (N-methyl/N-ethyl adjacent to an activating group) is 1.